The molecular formula is C14H12O5. The Balaban J connectivity index is 2.16. The van der Waals surface area contributed by atoms with E-state index in [0.29, 0.717) is 30.3 Å². The van der Waals surface area contributed by atoms with Gasteiger partial charge in [-0.1, -0.05) is 0 Å². The quantitative estimate of drug-likeness (QED) is 0.899. The molecule has 0 atom stereocenters. The van der Waals surface area contributed by atoms with Gasteiger partial charge in [0.1, 0.15) is 30.3 Å². The molecule has 1 aromatic carbocycles. The van der Waals surface area contributed by atoms with Crippen molar-refractivity contribution in [2.75, 3.05) is 13.2 Å². The van der Waals surface area contributed by atoms with Gasteiger partial charge in [0.05, 0.1) is 0 Å². The molecular weight excluding hydrogens is 248 g/mol. The zero-order valence-corrected chi connectivity index (χ0v) is 10.3. The van der Waals surface area contributed by atoms with Crippen LogP contribution in [0.3, 0.4) is 0 Å². The molecule has 0 bridgehead atoms. The summed E-state index contributed by atoms with van der Waals surface area (Å²) in [5, 5.41) is 9.25. The molecule has 2 aromatic rings. The van der Waals surface area contributed by atoms with E-state index in [0.717, 1.165) is 5.76 Å². The summed E-state index contributed by atoms with van der Waals surface area (Å²) in [5.41, 5.74) is 0.746. The van der Waals surface area contributed by atoms with Crippen LogP contribution >= 0.6 is 0 Å². The van der Waals surface area contributed by atoms with E-state index in [4.69, 9.17) is 13.9 Å². The molecule has 1 aliphatic heterocycles. The van der Waals surface area contributed by atoms with Gasteiger partial charge in [-0.15, -0.1) is 0 Å². The van der Waals surface area contributed by atoms with Crippen molar-refractivity contribution in [3.63, 3.8) is 0 Å². The number of aryl methyl sites for hydroxylation is 1. The van der Waals surface area contributed by atoms with Crippen LogP contribution in [0.2, 0.25) is 0 Å². The van der Waals surface area contributed by atoms with E-state index in [-0.39, 0.29) is 11.3 Å². The van der Waals surface area contributed by atoms with Crippen molar-refractivity contribution < 1.29 is 23.8 Å². The molecule has 0 saturated heterocycles. The maximum Gasteiger partial charge on any atom is 0.339 e. The van der Waals surface area contributed by atoms with Gasteiger partial charge >= 0.3 is 5.97 Å². The third-order valence-electron chi connectivity index (χ3n) is 2.90. The van der Waals surface area contributed by atoms with Crippen LogP contribution < -0.4 is 9.47 Å². The number of benzene rings is 1. The van der Waals surface area contributed by atoms with Gasteiger partial charge in [0.25, 0.3) is 0 Å². The van der Waals surface area contributed by atoms with Crippen LogP contribution in [0.5, 0.6) is 11.5 Å². The summed E-state index contributed by atoms with van der Waals surface area (Å²) in [5.74, 6) is 1.05. The number of carbonyl (C=O) groups is 1. The second-order valence-electron chi connectivity index (χ2n) is 4.26. The fraction of sp³-hybridized carbons (Fsp3) is 0.214. The highest BCUT2D eigenvalue weighted by atomic mass is 16.6. The molecule has 98 valence electrons. The molecule has 3 rings (SSSR count). The molecule has 0 spiro atoms. The minimum Gasteiger partial charge on any atom is -0.486 e. The molecule has 1 aliphatic rings. The predicted octanol–water partition coefficient (Wildman–Crippen LogP) is 2.72. The Morgan fingerprint density at radius 1 is 1.21 bits per heavy atom. The average molecular weight is 260 g/mol. The van der Waals surface area contributed by atoms with Crippen LogP contribution in [0, 0.1) is 6.92 Å². The maximum absolute atomic E-state index is 11.3. The van der Waals surface area contributed by atoms with Crippen molar-refractivity contribution >= 4 is 5.97 Å². The van der Waals surface area contributed by atoms with E-state index in [1.807, 2.05) is 13.0 Å². The molecule has 1 N–H and O–H groups in total. The number of carboxylic acids is 1. The van der Waals surface area contributed by atoms with Crippen LogP contribution in [0.1, 0.15) is 16.1 Å². The molecule has 1 aromatic heterocycles. The second-order valence-corrected chi connectivity index (χ2v) is 4.26. The third-order valence-corrected chi connectivity index (χ3v) is 2.90. The van der Waals surface area contributed by atoms with Crippen molar-refractivity contribution in [2.24, 2.45) is 0 Å². The molecule has 0 radical (unpaired) electrons. The Hall–Kier alpha value is -2.43. The number of rotatable bonds is 2. The van der Waals surface area contributed by atoms with Crippen LogP contribution in [-0.2, 0) is 0 Å². The molecule has 0 saturated carbocycles. The lowest BCUT2D eigenvalue weighted by Crippen LogP contribution is -2.18. The summed E-state index contributed by atoms with van der Waals surface area (Å²) in [7, 11) is 0. The van der Waals surface area contributed by atoms with E-state index >= 15 is 0 Å². The van der Waals surface area contributed by atoms with Crippen molar-refractivity contribution in [1.82, 2.24) is 0 Å². The standard InChI is InChI=1S/C14H12O5/c1-8-2-3-11(19-8)9-6-10(14(15)16)13-12(7-9)17-4-5-18-13/h2-3,6-7H,4-5H2,1H3,(H,15,16). The highest BCUT2D eigenvalue weighted by Crippen LogP contribution is 2.38. The summed E-state index contributed by atoms with van der Waals surface area (Å²) < 4.78 is 16.3. The van der Waals surface area contributed by atoms with Gasteiger partial charge < -0.3 is 19.0 Å². The van der Waals surface area contributed by atoms with Gasteiger partial charge in [0.2, 0.25) is 0 Å². The number of ether oxygens (including phenoxy) is 2. The summed E-state index contributed by atoms with van der Waals surface area (Å²) >= 11 is 0. The van der Waals surface area contributed by atoms with E-state index in [1.54, 1.807) is 12.1 Å². The fourth-order valence-electron chi connectivity index (χ4n) is 2.04. The topological polar surface area (TPSA) is 68.9 Å². The first-order valence-electron chi connectivity index (χ1n) is 5.89. The minimum atomic E-state index is -1.05. The monoisotopic (exact) mass is 260 g/mol. The number of aromatic carboxylic acids is 1. The Kier molecular flexibility index (Phi) is 2.67. The smallest absolute Gasteiger partial charge is 0.339 e. The first-order chi connectivity index (χ1) is 9.15. The number of fused-ring (bicyclic) bond motifs is 1. The minimum absolute atomic E-state index is 0.0845. The zero-order valence-electron chi connectivity index (χ0n) is 10.3. The molecule has 5 heteroatoms. The van der Waals surface area contributed by atoms with Crippen LogP contribution in [0.25, 0.3) is 11.3 Å². The zero-order chi connectivity index (χ0) is 13.4. The summed E-state index contributed by atoms with van der Waals surface area (Å²) in [6.45, 7) is 2.60. The Morgan fingerprint density at radius 3 is 2.68 bits per heavy atom. The SMILES string of the molecule is Cc1ccc(-c2cc3c(c(C(=O)O)c2)OCCO3)o1. The first kappa shape index (κ1) is 11.6. The van der Waals surface area contributed by atoms with E-state index in [1.165, 1.54) is 6.07 Å². The maximum atomic E-state index is 11.3. The number of hydrogen-bond donors (Lipinski definition) is 1. The average Bonchev–Trinajstić information content (AvgIpc) is 2.84. The fourth-order valence-corrected chi connectivity index (χ4v) is 2.04. The molecule has 19 heavy (non-hydrogen) atoms. The van der Waals surface area contributed by atoms with Crippen molar-refractivity contribution in [3.8, 4) is 22.8 Å². The highest BCUT2D eigenvalue weighted by Gasteiger charge is 2.22. The Morgan fingerprint density at radius 2 is 2.00 bits per heavy atom. The summed E-state index contributed by atoms with van der Waals surface area (Å²) in [4.78, 5) is 11.3. The normalized spacial score (nSPS) is 13.3. The first-order valence-corrected chi connectivity index (χ1v) is 5.89. The lowest BCUT2D eigenvalue weighted by Gasteiger charge is -2.20. The lowest BCUT2D eigenvalue weighted by atomic mass is 10.1. The molecule has 5 nitrogen and oxygen atoms in total. The highest BCUT2D eigenvalue weighted by molar-refractivity contribution is 5.94. The number of furan rings is 1. The van der Waals surface area contributed by atoms with Gasteiger partial charge in [0.15, 0.2) is 11.5 Å². The molecule has 2 heterocycles. The largest absolute Gasteiger partial charge is 0.486 e. The van der Waals surface area contributed by atoms with Gasteiger partial charge in [-0.3, -0.25) is 0 Å². The van der Waals surface area contributed by atoms with Gasteiger partial charge in [0, 0.05) is 5.56 Å². The van der Waals surface area contributed by atoms with Crippen molar-refractivity contribution in [3.05, 3.63) is 35.6 Å². The predicted molar refractivity (Wildman–Crippen MR) is 66.8 cm³/mol. The van der Waals surface area contributed by atoms with E-state index in [2.05, 4.69) is 0 Å². The number of carboxylic acid groups (broad SMARTS) is 1. The molecule has 0 amide bonds. The number of hydrogen-bond acceptors (Lipinski definition) is 4. The van der Waals surface area contributed by atoms with Crippen LogP contribution in [0.15, 0.2) is 28.7 Å². The van der Waals surface area contributed by atoms with Gasteiger partial charge in [-0.2, -0.15) is 0 Å². The van der Waals surface area contributed by atoms with Crippen LogP contribution in [0.4, 0.5) is 0 Å². The molecule has 0 unspecified atom stereocenters. The second kappa shape index (κ2) is 4.35. The van der Waals surface area contributed by atoms with E-state index < -0.39 is 5.97 Å². The van der Waals surface area contributed by atoms with Crippen LogP contribution in [-0.4, -0.2) is 24.3 Å². The lowest BCUT2D eigenvalue weighted by molar-refractivity contribution is 0.0686. The Bertz CT molecular complexity index is 641. The summed E-state index contributed by atoms with van der Waals surface area (Å²) in [6, 6.07) is 6.90. The van der Waals surface area contributed by atoms with Gasteiger partial charge in [-0.05, 0) is 31.2 Å². The third kappa shape index (κ3) is 2.03. The molecule has 0 fully saturated rings. The van der Waals surface area contributed by atoms with Gasteiger partial charge in [-0.25, -0.2) is 4.79 Å². The molecule has 0 aliphatic carbocycles. The summed E-state index contributed by atoms with van der Waals surface area (Å²) in [6.07, 6.45) is 0. The van der Waals surface area contributed by atoms with E-state index in [9.17, 15) is 9.90 Å². The Labute approximate surface area is 109 Å². The van der Waals surface area contributed by atoms with Crippen molar-refractivity contribution in [2.45, 2.75) is 6.92 Å². The van der Waals surface area contributed by atoms with Crippen molar-refractivity contribution in [1.29, 1.82) is 0 Å².